The van der Waals surface area contributed by atoms with Crippen LogP contribution in [0.1, 0.15) is 103 Å². The number of hydrogen-bond donors (Lipinski definition) is 0. The highest BCUT2D eigenvalue weighted by Crippen LogP contribution is 2.45. The van der Waals surface area contributed by atoms with E-state index >= 15 is 0 Å². The summed E-state index contributed by atoms with van der Waals surface area (Å²) >= 11 is 0. The van der Waals surface area contributed by atoms with Gasteiger partial charge in [0.25, 0.3) is 0 Å². The Bertz CT molecular complexity index is 176. The molecule has 0 nitrogen and oxygen atoms in total. The lowest BCUT2D eigenvalue weighted by atomic mass is 10.0. The lowest BCUT2D eigenvalue weighted by Gasteiger charge is -2.02. The van der Waals surface area contributed by atoms with Gasteiger partial charge >= 0.3 is 0 Å². The Morgan fingerprint density at radius 3 is 0.944 bits per heavy atom. The quantitative estimate of drug-likeness (QED) is 0.461. The third kappa shape index (κ3) is 6.25. The molecule has 2 rings (SSSR count). The van der Waals surface area contributed by atoms with Crippen molar-refractivity contribution in [1.82, 2.24) is 0 Å². The van der Waals surface area contributed by atoms with Crippen molar-refractivity contribution in [3.05, 3.63) is 0 Å². The fourth-order valence-corrected chi connectivity index (χ4v) is 3.78. The monoisotopic (exact) mass is 250 g/mol. The summed E-state index contributed by atoms with van der Waals surface area (Å²) in [7, 11) is 0. The molecule has 0 heteroatoms. The minimum Gasteiger partial charge on any atom is -0.0533 e. The van der Waals surface area contributed by atoms with Gasteiger partial charge in [0.2, 0.25) is 0 Å². The second-order valence-electron chi connectivity index (χ2n) is 6.93. The van der Waals surface area contributed by atoms with Crippen LogP contribution in [-0.4, -0.2) is 0 Å². The van der Waals surface area contributed by atoms with Gasteiger partial charge in [-0.1, -0.05) is 96.3 Å². The number of hydrogen-bond acceptors (Lipinski definition) is 0. The second kappa shape index (κ2) is 8.99. The first kappa shape index (κ1) is 14.4. The summed E-state index contributed by atoms with van der Waals surface area (Å²) < 4.78 is 0. The van der Waals surface area contributed by atoms with Crippen LogP contribution in [-0.2, 0) is 0 Å². The molecular weight excluding hydrogens is 216 g/mol. The van der Waals surface area contributed by atoms with Crippen LogP contribution in [0, 0.1) is 11.8 Å². The zero-order valence-electron chi connectivity index (χ0n) is 12.5. The highest BCUT2D eigenvalue weighted by molar-refractivity contribution is 4.85. The molecule has 18 heavy (non-hydrogen) atoms. The molecule has 0 spiro atoms. The van der Waals surface area contributed by atoms with Gasteiger partial charge in [0, 0.05) is 0 Å². The normalized spacial score (nSPS) is 33.3. The average molecular weight is 250 g/mol. The molecule has 2 aliphatic rings. The van der Waals surface area contributed by atoms with Gasteiger partial charge in [-0.15, -0.1) is 0 Å². The molecule has 2 aliphatic carbocycles. The Hall–Kier alpha value is 0. The van der Waals surface area contributed by atoms with E-state index in [1.165, 1.54) is 83.5 Å². The third-order valence-corrected chi connectivity index (χ3v) is 5.22. The van der Waals surface area contributed by atoms with E-state index in [0.29, 0.717) is 0 Å². The first-order chi connectivity index (χ1) is 8.97. The number of fused-ring (bicyclic) bond motifs is 1. The molecule has 0 aliphatic heterocycles. The first-order valence-corrected chi connectivity index (χ1v) is 8.97. The van der Waals surface area contributed by atoms with Crippen LogP contribution in [0.5, 0.6) is 0 Å². The molecule has 0 aromatic rings. The Kier molecular flexibility index (Phi) is 7.20. The summed E-state index contributed by atoms with van der Waals surface area (Å²) in [6.07, 6.45) is 24.4. The molecule has 0 saturated heterocycles. The summed E-state index contributed by atoms with van der Waals surface area (Å²) in [5, 5.41) is 0. The van der Waals surface area contributed by atoms with E-state index in [1.807, 2.05) is 0 Å². The fourth-order valence-electron chi connectivity index (χ4n) is 3.78. The maximum absolute atomic E-state index is 1.58. The summed E-state index contributed by atoms with van der Waals surface area (Å²) in [6, 6.07) is 0. The van der Waals surface area contributed by atoms with E-state index in [0.717, 1.165) is 11.8 Å². The predicted molar refractivity (Wildman–Crippen MR) is 80.9 cm³/mol. The van der Waals surface area contributed by atoms with Gasteiger partial charge in [-0.3, -0.25) is 0 Å². The summed E-state index contributed by atoms with van der Waals surface area (Å²) in [4.78, 5) is 0. The van der Waals surface area contributed by atoms with Gasteiger partial charge in [-0.25, -0.2) is 0 Å². The lowest BCUT2D eigenvalue weighted by Crippen LogP contribution is -1.86. The highest BCUT2D eigenvalue weighted by Gasteiger charge is 2.34. The molecule has 0 bridgehead atoms. The zero-order valence-corrected chi connectivity index (χ0v) is 12.5. The molecule has 0 aromatic heterocycles. The van der Waals surface area contributed by atoms with Gasteiger partial charge in [0.1, 0.15) is 0 Å². The van der Waals surface area contributed by atoms with Gasteiger partial charge in [-0.2, -0.15) is 0 Å². The van der Waals surface area contributed by atoms with Crippen molar-refractivity contribution in [3.8, 4) is 0 Å². The molecule has 2 fully saturated rings. The van der Waals surface area contributed by atoms with Gasteiger partial charge in [-0.05, 0) is 18.3 Å². The van der Waals surface area contributed by atoms with E-state index in [-0.39, 0.29) is 0 Å². The minimum atomic E-state index is 1.15. The molecule has 0 aromatic carbocycles. The van der Waals surface area contributed by atoms with E-state index < -0.39 is 0 Å². The molecular formula is C18H34. The van der Waals surface area contributed by atoms with Crippen LogP contribution >= 0.6 is 0 Å². The molecule has 0 heterocycles. The molecule has 0 amide bonds. The Balaban J connectivity index is 1.57. The van der Waals surface area contributed by atoms with Crippen molar-refractivity contribution >= 4 is 0 Å². The Labute approximate surface area is 115 Å². The largest absolute Gasteiger partial charge is 0.0533 e. The van der Waals surface area contributed by atoms with Crippen molar-refractivity contribution in [2.75, 3.05) is 0 Å². The standard InChI is InChI=1S/C18H34/c1-2-4-6-8-10-12-14-17-16-18(17)15-13-11-9-7-5-3-1/h17-18H,1-16H2. The summed E-state index contributed by atoms with van der Waals surface area (Å²) in [5.74, 6) is 2.31. The average Bonchev–Trinajstić information content (AvgIpc) is 3.12. The highest BCUT2D eigenvalue weighted by atomic mass is 14.4. The van der Waals surface area contributed by atoms with Crippen LogP contribution in [0.25, 0.3) is 0 Å². The van der Waals surface area contributed by atoms with Crippen molar-refractivity contribution in [2.45, 2.75) is 103 Å². The van der Waals surface area contributed by atoms with Gasteiger partial charge in [0.15, 0.2) is 0 Å². The molecule has 106 valence electrons. The summed E-state index contributed by atoms with van der Waals surface area (Å²) in [6.45, 7) is 0. The van der Waals surface area contributed by atoms with Crippen LogP contribution in [0.15, 0.2) is 0 Å². The minimum absolute atomic E-state index is 1.15. The lowest BCUT2D eigenvalue weighted by molar-refractivity contribution is 0.520. The van der Waals surface area contributed by atoms with Gasteiger partial charge in [0.05, 0.1) is 0 Å². The van der Waals surface area contributed by atoms with Crippen LogP contribution in [0.4, 0.5) is 0 Å². The Morgan fingerprint density at radius 2 is 0.611 bits per heavy atom. The smallest absolute Gasteiger partial charge is 0.0383 e. The third-order valence-electron chi connectivity index (χ3n) is 5.22. The van der Waals surface area contributed by atoms with Crippen LogP contribution in [0.3, 0.4) is 0 Å². The zero-order chi connectivity index (χ0) is 12.5. The molecule has 2 atom stereocenters. The van der Waals surface area contributed by atoms with Crippen LogP contribution in [0.2, 0.25) is 0 Å². The fraction of sp³-hybridized carbons (Fsp3) is 1.00. The van der Waals surface area contributed by atoms with Crippen molar-refractivity contribution < 1.29 is 0 Å². The first-order valence-electron chi connectivity index (χ1n) is 8.97. The molecule has 0 radical (unpaired) electrons. The van der Waals surface area contributed by atoms with E-state index in [1.54, 1.807) is 19.3 Å². The maximum Gasteiger partial charge on any atom is -0.0383 e. The second-order valence-corrected chi connectivity index (χ2v) is 6.93. The SMILES string of the molecule is C1CCCCCCCC2CC2CCCCCCC1. The van der Waals surface area contributed by atoms with Crippen molar-refractivity contribution in [1.29, 1.82) is 0 Å². The van der Waals surface area contributed by atoms with Crippen LogP contribution < -0.4 is 0 Å². The topological polar surface area (TPSA) is 0 Å². The van der Waals surface area contributed by atoms with E-state index in [9.17, 15) is 0 Å². The van der Waals surface area contributed by atoms with E-state index in [4.69, 9.17) is 0 Å². The number of rotatable bonds is 0. The molecule has 2 unspecified atom stereocenters. The molecule has 2 saturated carbocycles. The maximum atomic E-state index is 1.58. The summed E-state index contributed by atoms with van der Waals surface area (Å²) in [5.41, 5.74) is 0. The Morgan fingerprint density at radius 1 is 0.333 bits per heavy atom. The van der Waals surface area contributed by atoms with Crippen molar-refractivity contribution in [2.24, 2.45) is 11.8 Å². The molecule has 0 N–H and O–H groups in total. The van der Waals surface area contributed by atoms with Gasteiger partial charge < -0.3 is 0 Å². The van der Waals surface area contributed by atoms with E-state index in [2.05, 4.69) is 0 Å². The predicted octanol–water partition coefficient (Wildman–Crippen LogP) is 6.49. The van der Waals surface area contributed by atoms with Crippen molar-refractivity contribution in [3.63, 3.8) is 0 Å².